The van der Waals surface area contributed by atoms with E-state index in [2.05, 4.69) is 9.88 Å². The van der Waals surface area contributed by atoms with Crippen LogP contribution in [-0.2, 0) is 17.5 Å². The Hall–Kier alpha value is -3.69. The summed E-state index contributed by atoms with van der Waals surface area (Å²) in [7, 11) is 0. The number of nitrogens with zero attached hydrogens (tertiary/aromatic N) is 2. The maximum atomic E-state index is 13.7. The minimum absolute atomic E-state index is 0.0446. The number of hydrogen-bond donors (Lipinski definition) is 1. The van der Waals surface area contributed by atoms with Crippen LogP contribution in [0.25, 0.3) is 10.9 Å². The van der Waals surface area contributed by atoms with Crippen LogP contribution in [0.4, 0.5) is 13.2 Å². The summed E-state index contributed by atoms with van der Waals surface area (Å²) < 4.78 is 52.0. The van der Waals surface area contributed by atoms with Crippen molar-refractivity contribution in [2.75, 3.05) is 33.0 Å². The number of rotatable bonds is 6. The maximum Gasteiger partial charge on any atom is 0.417 e. The number of alkyl halides is 3. The molecule has 0 radical (unpaired) electrons. The summed E-state index contributed by atoms with van der Waals surface area (Å²) in [6.45, 7) is 3.42. The second-order valence-electron chi connectivity index (χ2n) is 10.1. The van der Waals surface area contributed by atoms with E-state index in [4.69, 9.17) is 21.1 Å². The molecule has 0 unspecified atom stereocenters. The Bertz CT molecular complexity index is 1550. The molecule has 1 fully saturated rings. The fraction of sp³-hybridized carbons (Fsp3) is 0.300. The molecule has 10 heteroatoms. The SMILES string of the molecule is O=C(C[C@@H](c1ccc(Cl)c(C(F)(F)F)c1)c1c[nH]c2ccccc12)N1CCN(Cc2ccc3c(c2)OCO3)CC1. The molecular formula is C30H27ClF3N3O3. The summed E-state index contributed by atoms with van der Waals surface area (Å²) in [4.78, 5) is 20.8. The third-order valence-corrected chi connectivity index (χ3v) is 7.97. The Morgan fingerprint density at radius 2 is 1.75 bits per heavy atom. The fourth-order valence-electron chi connectivity index (χ4n) is 5.52. The van der Waals surface area contributed by atoms with Crippen molar-refractivity contribution < 1.29 is 27.4 Å². The Kier molecular flexibility index (Phi) is 7.10. The average Bonchev–Trinajstić information content (AvgIpc) is 3.59. The number of amides is 1. The van der Waals surface area contributed by atoms with Crippen LogP contribution in [0.3, 0.4) is 0 Å². The molecule has 6 nitrogen and oxygen atoms in total. The monoisotopic (exact) mass is 569 g/mol. The van der Waals surface area contributed by atoms with E-state index in [1.54, 1.807) is 17.2 Å². The lowest BCUT2D eigenvalue weighted by molar-refractivity contribution is -0.137. The first-order chi connectivity index (χ1) is 19.3. The van der Waals surface area contributed by atoms with Gasteiger partial charge < -0.3 is 19.4 Å². The van der Waals surface area contributed by atoms with E-state index in [0.717, 1.165) is 46.1 Å². The molecule has 4 aromatic rings. The second-order valence-corrected chi connectivity index (χ2v) is 10.5. The number of aromatic nitrogens is 1. The third-order valence-electron chi connectivity index (χ3n) is 7.64. The van der Waals surface area contributed by atoms with E-state index >= 15 is 0 Å². The van der Waals surface area contributed by atoms with Gasteiger partial charge in [0.15, 0.2) is 11.5 Å². The number of aromatic amines is 1. The quantitative estimate of drug-likeness (QED) is 0.290. The molecule has 0 bridgehead atoms. The fourth-order valence-corrected chi connectivity index (χ4v) is 5.75. The molecule has 40 heavy (non-hydrogen) atoms. The van der Waals surface area contributed by atoms with Crippen LogP contribution in [0.5, 0.6) is 11.5 Å². The summed E-state index contributed by atoms with van der Waals surface area (Å²) in [5.41, 5.74) is 2.24. The predicted octanol–water partition coefficient (Wildman–Crippen LogP) is 6.44. The topological polar surface area (TPSA) is 57.8 Å². The molecule has 1 saturated heterocycles. The van der Waals surface area contributed by atoms with E-state index in [1.807, 2.05) is 42.5 Å². The molecule has 1 aromatic heterocycles. The number of piperazine rings is 1. The van der Waals surface area contributed by atoms with Crippen LogP contribution in [0.2, 0.25) is 5.02 Å². The Morgan fingerprint density at radius 3 is 2.55 bits per heavy atom. The van der Waals surface area contributed by atoms with Gasteiger partial charge in [-0.1, -0.05) is 41.9 Å². The number of H-pyrrole nitrogens is 1. The van der Waals surface area contributed by atoms with Crippen molar-refractivity contribution in [3.8, 4) is 11.5 Å². The van der Waals surface area contributed by atoms with E-state index < -0.39 is 17.7 Å². The van der Waals surface area contributed by atoms with Gasteiger partial charge in [0, 0.05) is 62.2 Å². The maximum absolute atomic E-state index is 13.7. The van der Waals surface area contributed by atoms with Crippen molar-refractivity contribution in [2.45, 2.75) is 25.1 Å². The van der Waals surface area contributed by atoms with Gasteiger partial charge in [0.1, 0.15) is 0 Å². The van der Waals surface area contributed by atoms with Crippen LogP contribution < -0.4 is 9.47 Å². The average molecular weight is 570 g/mol. The molecule has 0 spiro atoms. The van der Waals surface area contributed by atoms with E-state index in [9.17, 15) is 18.0 Å². The molecule has 6 rings (SSSR count). The largest absolute Gasteiger partial charge is 0.454 e. The molecule has 0 aliphatic carbocycles. The summed E-state index contributed by atoms with van der Waals surface area (Å²) in [6.07, 6.45) is -2.77. The number of fused-ring (bicyclic) bond motifs is 2. The first-order valence-corrected chi connectivity index (χ1v) is 13.5. The highest BCUT2D eigenvalue weighted by atomic mass is 35.5. The van der Waals surface area contributed by atoms with E-state index in [1.165, 1.54) is 6.07 Å². The summed E-state index contributed by atoms with van der Waals surface area (Å²) in [6, 6.07) is 17.4. The number of hydrogen-bond acceptors (Lipinski definition) is 4. The van der Waals surface area contributed by atoms with Gasteiger partial charge in [-0.15, -0.1) is 0 Å². The minimum Gasteiger partial charge on any atom is -0.454 e. The number of nitrogens with one attached hydrogen (secondary N) is 1. The lowest BCUT2D eigenvalue weighted by Crippen LogP contribution is -2.48. The van der Waals surface area contributed by atoms with E-state index in [0.29, 0.717) is 31.7 Å². The number of ether oxygens (including phenoxy) is 2. The van der Waals surface area contributed by atoms with Crippen molar-refractivity contribution in [3.05, 3.63) is 94.1 Å². The van der Waals surface area contributed by atoms with Gasteiger partial charge in [-0.25, -0.2) is 0 Å². The molecule has 1 amide bonds. The molecule has 2 aliphatic heterocycles. The zero-order valence-electron chi connectivity index (χ0n) is 21.5. The van der Waals surface area contributed by atoms with Gasteiger partial charge in [0.25, 0.3) is 0 Å². The van der Waals surface area contributed by atoms with Crippen LogP contribution in [-0.4, -0.2) is 53.7 Å². The van der Waals surface area contributed by atoms with Crippen LogP contribution >= 0.6 is 11.6 Å². The molecule has 3 aromatic carbocycles. The number of para-hydroxylation sites is 1. The van der Waals surface area contributed by atoms with Gasteiger partial charge in [-0.2, -0.15) is 13.2 Å². The highest BCUT2D eigenvalue weighted by Gasteiger charge is 2.35. The third kappa shape index (κ3) is 5.36. The Balaban J connectivity index is 1.20. The Morgan fingerprint density at radius 1 is 0.975 bits per heavy atom. The summed E-state index contributed by atoms with van der Waals surface area (Å²) in [5.74, 6) is 0.813. The van der Waals surface area contributed by atoms with Crippen molar-refractivity contribution in [1.82, 2.24) is 14.8 Å². The highest BCUT2D eigenvalue weighted by Crippen LogP contribution is 2.40. The molecule has 3 heterocycles. The molecule has 208 valence electrons. The smallest absolute Gasteiger partial charge is 0.417 e. The van der Waals surface area contributed by atoms with Crippen molar-refractivity contribution in [1.29, 1.82) is 0 Å². The molecule has 0 saturated carbocycles. The summed E-state index contributed by atoms with van der Waals surface area (Å²) in [5, 5.41) is 0.510. The zero-order valence-corrected chi connectivity index (χ0v) is 22.3. The summed E-state index contributed by atoms with van der Waals surface area (Å²) >= 11 is 5.91. The number of benzene rings is 3. The minimum atomic E-state index is -4.60. The van der Waals surface area contributed by atoms with Gasteiger partial charge in [0.2, 0.25) is 12.7 Å². The first kappa shape index (κ1) is 26.5. The van der Waals surface area contributed by atoms with Gasteiger partial charge in [-0.05, 0) is 47.0 Å². The highest BCUT2D eigenvalue weighted by molar-refractivity contribution is 6.31. The molecular weight excluding hydrogens is 543 g/mol. The van der Waals surface area contributed by atoms with Gasteiger partial charge in [-0.3, -0.25) is 9.69 Å². The lowest BCUT2D eigenvalue weighted by Gasteiger charge is -2.35. The van der Waals surface area contributed by atoms with Crippen LogP contribution in [0.1, 0.15) is 34.6 Å². The number of carbonyl (C=O) groups excluding carboxylic acids is 1. The zero-order chi connectivity index (χ0) is 27.9. The predicted molar refractivity (Wildman–Crippen MR) is 146 cm³/mol. The van der Waals surface area contributed by atoms with Crippen molar-refractivity contribution in [2.24, 2.45) is 0 Å². The van der Waals surface area contributed by atoms with Gasteiger partial charge >= 0.3 is 6.18 Å². The van der Waals surface area contributed by atoms with Crippen LogP contribution in [0, 0.1) is 0 Å². The molecule has 1 atom stereocenters. The van der Waals surface area contributed by atoms with Crippen molar-refractivity contribution >= 4 is 28.4 Å². The first-order valence-electron chi connectivity index (χ1n) is 13.1. The number of halogens is 4. The number of carbonyl (C=O) groups is 1. The van der Waals surface area contributed by atoms with E-state index in [-0.39, 0.29) is 24.1 Å². The molecule has 1 N–H and O–H groups in total. The van der Waals surface area contributed by atoms with Gasteiger partial charge in [0.05, 0.1) is 10.6 Å². The van der Waals surface area contributed by atoms with Crippen molar-refractivity contribution in [3.63, 3.8) is 0 Å². The normalized spacial score (nSPS) is 16.4. The Labute approximate surface area is 234 Å². The standard InChI is InChI=1S/C30H27ClF3N3O3/c31-25-7-6-20(14-24(25)30(32,33)34)22(23-16-35-26-4-2-1-3-21(23)26)15-29(38)37-11-9-36(10-12-37)17-19-5-8-27-28(13-19)40-18-39-27/h1-8,13-14,16,22,35H,9-12,15,17-18H2/t22-/m0/s1. The molecule has 2 aliphatic rings. The second kappa shape index (κ2) is 10.7. The lowest BCUT2D eigenvalue weighted by atomic mass is 9.87. The van der Waals surface area contributed by atoms with Crippen LogP contribution in [0.15, 0.2) is 66.9 Å².